The van der Waals surface area contributed by atoms with Gasteiger partial charge in [-0.05, 0) is 57.8 Å². The molecule has 2 unspecified atom stereocenters. The lowest BCUT2D eigenvalue weighted by atomic mass is 10.0. The molecule has 0 radical (unpaired) electrons. The summed E-state index contributed by atoms with van der Waals surface area (Å²) in [5, 5.41) is 23.5. The van der Waals surface area contributed by atoms with E-state index in [1.54, 1.807) is 0 Å². The number of nitrogens with one attached hydrogen (secondary N) is 1. The lowest BCUT2D eigenvalue weighted by Gasteiger charge is -2.22. The minimum Gasteiger partial charge on any atom is -0.466 e. The monoisotopic (exact) mass is 1220 g/mol. The summed E-state index contributed by atoms with van der Waals surface area (Å²) < 4.78 is 5.51. The van der Waals surface area contributed by atoms with Crippen LogP contribution in [0, 0.1) is 0 Å². The molecule has 0 spiro atoms. The van der Waals surface area contributed by atoms with Crippen molar-refractivity contribution in [2.24, 2.45) is 0 Å². The quantitative estimate of drug-likeness (QED) is 0.0320. The average Bonchev–Trinajstić information content (AvgIpc) is 3.54. The summed E-state index contributed by atoms with van der Waals surface area (Å²) in [6.45, 7) is 5.01. The second-order valence-corrected chi connectivity index (χ2v) is 27.8. The van der Waals surface area contributed by atoms with Crippen molar-refractivity contribution in [2.45, 2.75) is 469 Å². The first-order valence-electron chi connectivity index (χ1n) is 40.1. The molecule has 516 valence electrons. The first-order chi connectivity index (χ1) is 43.0. The number of hydrogen-bond donors (Lipinski definition) is 3. The van der Waals surface area contributed by atoms with E-state index in [4.69, 9.17) is 4.74 Å². The molecule has 0 saturated heterocycles. The third-order valence-electron chi connectivity index (χ3n) is 19.0. The van der Waals surface area contributed by atoms with E-state index in [-0.39, 0.29) is 18.5 Å². The largest absolute Gasteiger partial charge is 0.466 e. The maximum Gasteiger partial charge on any atom is 0.305 e. The molecule has 3 N–H and O–H groups in total. The number of ether oxygens (including phenoxy) is 1. The summed E-state index contributed by atoms with van der Waals surface area (Å²) >= 11 is 0. The van der Waals surface area contributed by atoms with Crippen LogP contribution in [0.5, 0.6) is 0 Å². The molecule has 0 fully saturated rings. The van der Waals surface area contributed by atoms with E-state index < -0.39 is 12.1 Å². The zero-order chi connectivity index (χ0) is 62.8. The van der Waals surface area contributed by atoms with Crippen molar-refractivity contribution in [1.29, 1.82) is 0 Å². The second-order valence-electron chi connectivity index (χ2n) is 27.8. The van der Waals surface area contributed by atoms with Gasteiger partial charge in [-0.1, -0.05) is 411 Å². The highest BCUT2D eigenvalue weighted by molar-refractivity contribution is 5.76. The SMILES string of the molecule is CCCCCCCCCCCCCCCCCCCCCCCCCCCC(O)C(CO)NC(=O)CCCCCCCCCCCCC/C=C\C/C=C\CCCCCCCCCCCOC(=O)CCCCCCCCCCCCCCCCCCCC. The molecule has 1 amide bonds. The molecule has 0 aromatic rings. The van der Waals surface area contributed by atoms with Gasteiger partial charge in [-0.3, -0.25) is 9.59 Å². The Morgan fingerprint density at radius 3 is 0.874 bits per heavy atom. The predicted molar refractivity (Wildman–Crippen MR) is 384 cm³/mol. The van der Waals surface area contributed by atoms with Crippen molar-refractivity contribution < 1.29 is 24.5 Å². The molecule has 0 bridgehead atoms. The van der Waals surface area contributed by atoms with Crippen LogP contribution in [0.3, 0.4) is 0 Å². The number of aliphatic hydroxyl groups excluding tert-OH is 2. The summed E-state index contributed by atoms with van der Waals surface area (Å²) in [5.41, 5.74) is 0. The van der Waals surface area contributed by atoms with E-state index in [0.29, 0.717) is 25.9 Å². The molecule has 0 aromatic carbocycles. The molecule has 0 aliphatic rings. The first kappa shape index (κ1) is 85.3. The van der Waals surface area contributed by atoms with Crippen molar-refractivity contribution in [3.63, 3.8) is 0 Å². The third kappa shape index (κ3) is 73.3. The fourth-order valence-corrected chi connectivity index (χ4v) is 12.9. The number of amides is 1. The number of unbranched alkanes of at least 4 members (excludes halogenated alkanes) is 61. The molecule has 0 aliphatic heterocycles. The number of aliphatic hydroxyl groups is 2. The summed E-state index contributed by atoms with van der Waals surface area (Å²) in [4.78, 5) is 24.7. The standard InChI is InChI=1S/C81H157NO5/c1-3-5-7-9-11-13-15-17-19-21-23-24-25-29-32-35-38-41-45-49-53-57-61-65-69-73-79(84)78(77-83)82-80(85)74-70-66-62-58-54-50-46-42-39-36-33-30-27-26-28-31-34-37-40-44-48-52-56-60-64-68-72-76-87-81(86)75-71-67-63-59-55-51-47-43-22-20-18-16-14-12-10-8-6-4-2/h26-27,31,34,78-79,83-84H,3-25,28-30,32-33,35-77H2,1-2H3,(H,82,85)/b27-26-,34-31-. The summed E-state index contributed by atoms with van der Waals surface area (Å²) in [5.74, 6) is -0.0161. The number of esters is 1. The first-order valence-corrected chi connectivity index (χ1v) is 40.1. The minimum atomic E-state index is -0.668. The highest BCUT2D eigenvalue weighted by atomic mass is 16.5. The number of allylic oxidation sites excluding steroid dienone is 4. The van der Waals surface area contributed by atoms with Gasteiger partial charge >= 0.3 is 5.97 Å². The normalized spacial score (nSPS) is 12.6. The molecule has 0 heterocycles. The van der Waals surface area contributed by atoms with Crippen molar-refractivity contribution in [3.8, 4) is 0 Å². The molecular formula is C81H157NO5. The van der Waals surface area contributed by atoms with E-state index in [9.17, 15) is 19.8 Å². The van der Waals surface area contributed by atoms with Gasteiger partial charge in [0.2, 0.25) is 5.91 Å². The Kier molecular flexibility index (Phi) is 75.3. The Morgan fingerprint density at radius 1 is 0.322 bits per heavy atom. The zero-order valence-corrected chi connectivity index (χ0v) is 59.3. The molecule has 2 atom stereocenters. The highest BCUT2D eigenvalue weighted by Crippen LogP contribution is 2.20. The van der Waals surface area contributed by atoms with Gasteiger partial charge in [0.1, 0.15) is 0 Å². The second kappa shape index (κ2) is 76.8. The lowest BCUT2D eigenvalue weighted by Crippen LogP contribution is -2.45. The smallest absolute Gasteiger partial charge is 0.305 e. The maximum absolute atomic E-state index is 12.6. The maximum atomic E-state index is 12.6. The van der Waals surface area contributed by atoms with Gasteiger partial charge in [0.25, 0.3) is 0 Å². The number of carbonyl (C=O) groups is 2. The minimum absolute atomic E-state index is 0.0163. The number of carbonyl (C=O) groups excluding carboxylic acids is 2. The summed E-state index contributed by atoms with van der Waals surface area (Å²) in [6, 6.07) is -0.546. The van der Waals surface area contributed by atoms with E-state index in [1.807, 2.05) is 0 Å². The Morgan fingerprint density at radius 2 is 0.575 bits per heavy atom. The summed E-state index contributed by atoms with van der Waals surface area (Å²) in [7, 11) is 0. The van der Waals surface area contributed by atoms with Gasteiger partial charge in [0.05, 0.1) is 25.4 Å². The van der Waals surface area contributed by atoms with E-state index >= 15 is 0 Å². The Labute approximate surface area is 545 Å². The lowest BCUT2D eigenvalue weighted by molar-refractivity contribution is -0.143. The van der Waals surface area contributed by atoms with Gasteiger partial charge in [0.15, 0.2) is 0 Å². The topological polar surface area (TPSA) is 95.9 Å². The van der Waals surface area contributed by atoms with Gasteiger partial charge in [-0.15, -0.1) is 0 Å². The van der Waals surface area contributed by atoms with Crippen LogP contribution in [-0.2, 0) is 14.3 Å². The average molecular weight is 1230 g/mol. The molecule has 0 aliphatic carbocycles. The molecule has 6 heteroatoms. The van der Waals surface area contributed by atoms with Crippen molar-refractivity contribution >= 4 is 11.9 Å². The number of hydrogen-bond acceptors (Lipinski definition) is 5. The summed E-state index contributed by atoms with van der Waals surface area (Å²) in [6.07, 6.45) is 98.4. The van der Waals surface area contributed by atoms with Crippen LogP contribution in [0.2, 0.25) is 0 Å². The van der Waals surface area contributed by atoms with Gasteiger partial charge < -0.3 is 20.3 Å². The Balaban J connectivity index is 3.40. The molecule has 0 aromatic heterocycles. The van der Waals surface area contributed by atoms with Crippen molar-refractivity contribution in [1.82, 2.24) is 5.32 Å². The predicted octanol–water partition coefficient (Wildman–Crippen LogP) is 26.4. The van der Waals surface area contributed by atoms with Gasteiger partial charge in [-0.2, -0.15) is 0 Å². The van der Waals surface area contributed by atoms with Crippen LogP contribution < -0.4 is 5.32 Å². The molecule has 6 nitrogen and oxygen atoms in total. The van der Waals surface area contributed by atoms with Crippen molar-refractivity contribution in [3.05, 3.63) is 24.3 Å². The molecule has 0 saturated carbocycles. The number of rotatable bonds is 76. The molecule has 87 heavy (non-hydrogen) atoms. The fourth-order valence-electron chi connectivity index (χ4n) is 12.9. The van der Waals surface area contributed by atoms with E-state index in [2.05, 4.69) is 43.5 Å². The Bertz CT molecular complexity index is 1360. The zero-order valence-electron chi connectivity index (χ0n) is 59.3. The third-order valence-corrected chi connectivity index (χ3v) is 19.0. The highest BCUT2D eigenvalue weighted by Gasteiger charge is 2.20. The van der Waals surface area contributed by atoms with Crippen LogP contribution in [-0.4, -0.2) is 47.4 Å². The fraction of sp³-hybridized carbons (Fsp3) is 0.926. The van der Waals surface area contributed by atoms with Crippen LogP contribution in [0.15, 0.2) is 24.3 Å². The molecule has 0 rings (SSSR count). The van der Waals surface area contributed by atoms with Crippen LogP contribution in [0.4, 0.5) is 0 Å². The van der Waals surface area contributed by atoms with Gasteiger partial charge in [0, 0.05) is 12.8 Å². The van der Waals surface area contributed by atoms with Crippen LogP contribution >= 0.6 is 0 Å². The molecular weight excluding hydrogens is 1070 g/mol. The van der Waals surface area contributed by atoms with Crippen molar-refractivity contribution in [2.75, 3.05) is 13.2 Å². The van der Waals surface area contributed by atoms with E-state index in [1.165, 1.54) is 379 Å². The Hall–Kier alpha value is -1.66. The van der Waals surface area contributed by atoms with E-state index in [0.717, 1.165) is 44.9 Å². The van der Waals surface area contributed by atoms with Gasteiger partial charge in [-0.25, -0.2) is 0 Å². The van der Waals surface area contributed by atoms with Crippen LogP contribution in [0.1, 0.15) is 457 Å². The van der Waals surface area contributed by atoms with Crippen LogP contribution in [0.25, 0.3) is 0 Å².